The molecule has 1 saturated heterocycles. The summed E-state index contributed by atoms with van der Waals surface area (Å²) in [5, 5.41) is 0. The van der Waals surface area contributed by atoms with Gasteiger partial charge in [-0.05, 0) is 32.1 Å². The number of piperidine rings is 1. The van der Waals surface area contributed by atoms with Crippen molar-refractivity contribution >= 4 is 5.91 Å². The molecule has 1 rings (SSSR count). The lowest BCUT2D eigenvalue weighted by Gasteiger charge is -2.40. The highest BCUT2D eigenvalue weighted by Gasteiger charge is 2.33. The van der Waals surface area contributed by atoms with E-state index in [0.29, 0.717) is 12.1 Å². The van der Waals surface area contributed by atoms with Gasteiger partial charge >= 0.3 is 0 Å². The first-order valence-corrected chi connectivity index (χ1v) is 7.41. The third-order valence-corrected chi connectivity index (χ3v) is 4.32. The average molecular weight is 269 g/mol. The van der Waals surface area contributed by atoms with Crippen LogP contribution >= 0.6 is 0 Å². The number of nitrogens with two attached hydrogens (primary N) is 1. The fourth-order valence-corrected chi connectivity index (χ4v) is 2.56. The quantitative estimate of drug-likeness (QED) is 0.848. The molecule has 4 heteroatoms. The lowest BCUT2D eigenvalue weighted by Crippen LogP contribution is -2.54. The standard InChI is InChI=1S/C15H31N3O/c1-11(2)18-9-7-12(8-10-18)17(6)14(19)13(16)15(3,4)5/h11-13H,7-10,16H2,1-6H3. The fourth-order valence-electron chi connectivity index (χ4n) is 2.56. The minimum Gasteiger partial charge on any atom is -0.341 e. The van der Waals surface area contributed by atoms with Crippen LogP contribution in [-0.4, -0.2) is 54.0 Å². The summed E-state index contributed by atoms with van der Waals surface area (Å²) in [6.07, 6.45) is 2.11. The topological polar surface area (TPSA) is 49.6 Å². The molecule has 0 aromatic carbocycles. The lowest BCUT2D eigenvalue weighted by molar-refractivity contribution is -0.136. The summed E-state index contributed by atoms with van der Waals surface area (Å²) in [6.45, 7) is 12.7. The van der Waals surface area contributed by atoms with Gasteiger partial charge in [-0.15, -0.1) is 0 Å². The predicted molar refractivity (Wildman–Crippen MR) is 79.9 cm³/mol. The van der Waals surface area contributed by atoms with E-state index in [2.05, 4.69) is 18.7 Å². The number of carbonyl (C=O) groups is 1. The number of likely N-dealkylation sites (tertiary alicyclic amines) is 1. The van der Waals surface area contributed by atoms with E-state index in [1.54, 1.807) is 0 Å². The molecule has 2 N–H and O–H groups in total. The van der Waals surface area contributed by atoms with Crippen LogP contribution in [0.5, 0.6) is 0 Å². The SMILES string of the molecule is CC(C)N1CCC(N(C)C(=O)C(N)C(C)(C)C)CC1. The molecule has 0 bridgehead atoms. The molecule has 1 fully saturated rings. The Morgan fingerprint density at radius 2 is 1.74 bits per heavy atom. The second-order valence-electron chi connectivity index (χ2n) is 7.15. The van der Waals surface area contributed by atoms with E-state index < -0.39 is 6.04 Å². The van der Waals surface area contributed by atoms with Crippen LogP contribution in [0.15, 0.2) is 0 Å². The van der Waals surface area contributed by atoms with Crippen molar-refractivity contribution in [3.8, 4) is 0 Å². The lowest BCUT2D eigenvalue weighted by atomic mass is 9.86. The van der Waals surface area contributed by atoms with Crippen molar-refractivity contribution in [3.63, 3.8) is 0 Å². The Morgan fingerprint density at radius 3 is 2.11 bits per heavy atom. The van der Waals surface area contributed by atoms with Gasteiger partial charge < -0.3 is 15.5 Å². The van der Waals surface area contributed by atoms with Crippen molar-refractivity contribution < 1.29 is 4.79 Å². The van der Waals surface area contributed by atoms with Crippen LogP contribution in [0.2, 0.25) is 0 Å². The molecule has 1 aliphatic rings. The number of nitrogens with zero attached hydrogens (tertiary/aromatic N) is 2. The Labute approximate surface area is 118 Å². The summed E-state index contributed by atoms with van der Waals surface area (Å²) in [6, 6.07) is 0.523. The summed E-state index contributed by atoms with van der Waals surface area (Å²) in [4.78, 5) is 16.7. The normalized spacial score (nSPS) is 20.6. The van der Waals surface area contributed by atoms with Crippen LogP contribution in [0, 0.1) is 5.41 Å². The number of hydrogen-bond donors (Lipinski definition) is 1. The van der Waals surface area contributed by atoms with Gasteiger partial charge in [0.2, 0.25) is 5.91 Å². The third-order valence-electron chi connectivity index (χ3n) is 4.32. The summed E-state index contributed by atoms with van der Waals surface area (Å²) in [7, 11) is 1.91. The molecular weight excluding hydrogens is 238 g/mol. The number of carbonyl (C=O) groups excluding carboxylic acids is 1. The van der Waals surface area contributed by atoms with E-state index in [1.165, 1.54) is 0 Å². The van der Waals surface area contributed by atoms with Crippen molar-refractivity contribution in [1.82, 2.24) is 9.80 Å². The van der Waals surface area contributed by atoms with E-state index in [4.69, 9.17) is 5.73 Å². The molecule has 0 aromatic heterocycles. The van der Waals surface area contributed by atoms with Gasteiger partial charge in [0, 0.05) is 32.2 Å². The summed E-state index contributed by atoms with van der Waals surface area (Å²) in [5.74, 6) is 0.0792. The van der Waals surface area contributed by atoms with Crippen molar-refractivity contribution in [2.24, 2.45) is 11.1 Å². The average Bonchev–Trinajstić information content (AvgIpc) is 2.35. The van der Waals surface area contributed by atoms with Gasteiger partial charge in [0.15, 0.2) is 0 Å². The number of hydrogen-bond acceptors (Lipinski definition) is 3. The van der Waals surface area contributed by atoms with E-state index in [9.17, 15) is 4.79 Å². The molecule has 1 amide bonds. The molecule has 1 atom stereocenters. The number of amides is 1. The monoisotopic (exact) mass is 269 g/mol. The Balaban J connectivity index is 2.56. The molecule has 19 heavy (non-hydrogen) atoms. The number of rotatable bonds is 3. The second-order valence-corrected chi connectivity index (χ2v) is 7.15. The molecule has 4 nitrogen and oxygen atoms in total. The summed E-state index contributed by atoms with van der Waals surface area (Å²) < 4.78 is 0. The molecule has 112 valence electrons. The van der Waals surface area contributed by atoms with Gasteiger partial charge in [-0.25, -0.2) is 0 Å². The van der Waals surface area contributed by atoms with Gasteiger partial charge in [-0.1, -0.05) is 20.8 Å². The zero-order chi connectivity index (χ0) is 14.8. The molecule has 1 unspecified atom stereocenters. The Hall–Kier alpha value is -0.610. The highest BCUT2D eigenvalue weighted by atomic mass is 16.2. The van der Waals surface area contributed by atoms with Crippen molar-refractivity contribution in [2.45, 2.75) is 65.6 Å². The first kappa shape index (κ1) is 16.4. The summed E-state index contributed by atoms with van der Waals surface area (Å²) in [5.41, 5.74) is 5.90. The first-order chi connectivity index (χ1) is 8.64. The highest BCUT2D eigenvalue weighted by Crippen LogP contribution is 2.22. The van der Waals surface area contributed by atoms with Gasteiger partial charge in [-0.3, -0.25) is 4.79 Å². The van der Waals surface area contributed by atoms with E-state index in [-0.39, 0.29) is 11.3 Å². The van der Waals surface area contributed by atoms with Gasteiger partial charge in [0.25, 0.3) is 0 Å². The Kier molecular flexibility index (Phi) is 5.39. The molecule has 0 radical (unpaired) electrons. The first-order valence-electron chi connectivity index (χ1n) is 7.41. The maximum atomic E-state index is 12.4. The molecule has 0 spiro atoms. The maximum Gasteiger partial charge on any atom is 0.240 e. The fraction of sp³-hybridized carbons (Fsp3) is 0.933. The Morgan fingerprint density at radius 1 is 1.26 bits per heavy atom. The number of likely N-dealkylation sites (N-methyl/N-ethyl adjacent to an activating group) is 1. The van der Waals surface area contributed by atoms with Crippen LogP contribution < -0.4 is 5.73 Å². The van der Waals surface area contributed by atoms with E-state index in [1.807, 2.05) is 32.7 Å². The van der Waals surface area contributed by atoms with Crippen LogP contribution in [-0.2, 0) is 4.79 Å². The molecule has 0 aromatic rings. The van der Waals surface area contributed by atoms with Crippen LogP contribution in [0.3, 0.4) is 0 Å². The highest BCUT2D eigenvalue weighted by molar-refractivity contribution is 5.82. The second kappa shape index (κ2) is 6.23. The van der Waals surface area contributed by atoms with E-state index >= 15 is 0 Å². The molecule has 1 aliphatic heterocycles. The zero-order valence-corrected chi connectivity index (χ0v) is 13.4. The smallest absolute Gasteiger partial charge is 0.240 e. The minimum atomic E-state index is -0.416. The van der Waals surface area contributed by atoms with Gasteiger partial charge in [0.1, 0.15) is 0 Å². The van der Waals surface area contributed by atoms with Gasteiger partial charge in [-0.2, -0.15) is 0 Å². The molecular formula is C15H31N3O. The maximum absolute atomic E-state index is 12.4. The molecule has 0 saturated carbocycles. The zero-order valence-electron chi connectivity index (χ0n) is 13.4. The van der Waals surface area contributed by atoms with E-state index in [0.717, 1.165) is 25.9 Å². The van der Waals surface area contributed by atoms with Crippen LogP contribution in [0.1, 0.15) is 47.5 Å². The minimum absolute atomic E-state index is 0.0792. The van der Waals surface area contributed by atoms with Gasteiger partial charge in [0.05, 0.1) is 6.04 Å². The third kappa shape index (κ3) is 4.18. The van der Waals surface area contributed by atoms with Crippen molar-refractivity contribution in [1.29, 1.82) is 0 Å². The van der Waals surface area contributed by atoms with Crippen LogP contribution in [0.4, 0.5) is 0 Å². The summed E-state index contributed by atoms with van der Waals surface area (Å²) >= 11 is 0. The van der Waals surface area contributed by atoms with Crippen molar-refractivity contribution in [3.05, 3.63) is 0 Å². The largest absolute Gasteiger partial charge is 0.341 e. The molecule has 0 aliphatic carbocycles. The predicted octanol–water partition coefficient (Wildman–Crippen LogP) is 1.69. The van der Waals surface area contributed by atoms with Crippen LogP contribution in [0.25, 0.3) is 0 Å². The van der Waals surface area contributed by atoms with Crippen molar-refractivity contribution in [2.75, 3.05) is 20.1 Å². The molecule has 1 heterocycles. The Bertz CT molecular complexity index is 301.